The van der Waals surface area contributed by atoms with Crippen LogP contribution in [0.5, 0.6) is 11.5 Å². The molecule has 4 heteroatoms. The van der Waals surface area contributed by atoms with Crippen molar-refractivity contribution in [2.24, 2.45) is 0 Å². The first kappa shape index (κ1) is 15.0. The minimum absolute atomic E-state index is 0.266. The van der Waals surface area contributed by atoms with Gasteiger partial charge in [-0.05, 0) is 24.3 Å². The molecule has 0 spiro atoms. The molecule has 4 rings (SSSR count). The van der Waals surface area contributed by atoms with Gasteiger partial charge in [-0.15, -0.1) is 0 Å². The smallest absolute Gasteiger partial charge is 0.145 e. The van der Waals surface area contributed by atoms with Crippen LogP contribution in [0.1, 0.15) is 5.69 Å². The third-order valence-electron chi connectivity index (χ3n) is 4.32. The first-order valence-electron chi connectivity index (χ1n) is 8.18. The summed E-state index contributed by atoms with van der Waals surface area (Å²) in [6.07, 6.45) is 0.266. The fourth-order valence-electron chi connectivity index (χ4n) is 3.06. The topological polar surface area (TPSA) is 34.6 Å². The third kappa shape index (κ3) is 3.05. The Morgan fingerprint density at radius 2 is 1.83 bits per heavy atom. The van der Waals surface area contributed by atoms with E-state index >= 15 is 0 Å². The van der Waals surface area contributed by atoms with Gasteiger partial charge in [0.2, 0.25) is 0 Å². The molecule has 1 aromatic heterocycles. The van der Waals surface area contributed by atoms with Crippen LogP contribution in [0.2, 0.25) is 0 Å². The molecule has 0 radical (unpaired) electrons. The highest BCUT2D eigenvalue weighted by atomic mass is 16.5. The Labute approximate surface area is 141 Å². The van der Waals surface area contributed by atoms with E-state index in [0.29, 0.717) is 0 Å². The Balaban J connectivity index is 1.39. The molecule has 0 atom stereocenters. The maximum Gasteiger partial charge on any atom is 0.145 e. The molecule has 0 aliphatic carbocycles. The van der Waals surface area contributed by atoms with Gasteiger partial charge in [-0.3, -0.25) is 4.90 Å². The number of benzene rings is 2. The zero-order valence-corrected chi connectivity index (χ0v) is 13.7. The van der Waals surface area contributed by atoms with Crippen molar-refractivity contribution in [2.75, 3.05) is 20.2 Å². The Kier molecular flexibility index (Phi) is 4.05. The molecular weight excluding hydrogens is 300 g/mol. The average Bonchev–Trinajstić information content (AvgIpc) is 2.60. The summed E-state index contributed by atoms with van der Waals surface area (Å²) in [6, 6.07) is 20.2. The van der Waals surface area contributed by atoms with Crippen molar-refractivity contribution in [1.29, 1.82) is 0 Å². The van der Waals surface area contributed by atoms with Crippen LogP contribution < -0.4 is 9.47 Å². The Hall–Kier alpha value is -2.59. The van der Waals surface area contributed by atoms with Crippen molar-refractivity contribution < 1.29 is 9.47 Å². The van der Waals surface area contributed by atoms with Crippen LogP contribution >= 0.6 is 0 Å². The minimum atomic E-state index is 0.266. The van der Waals surface area contributed by atoms with E-state index in [4.69, 9.17) is 14.5 Å². The van der Waals surface area contributed by atoms with E-state index in [-0.39, 0.29) is 6.10 Å². The van der Waals surface area contributed by atoms with Crippen LogP contribution in [-0.4, -0.2) is 36.2 Å². The van der Waals surface area contributed by atoms with E-state index in [2.05, 4.69) is 23.1 Å². The summed E-state index contributed by atoms with van der Waals surface area (Å²) in [7, 11) is 1.68. The Morgan fingerprint density at radius 1 is 1.00 bits per heavy atom. The number of hydrogen-bond donors (Lipinski definition) is 0. The van der Waals surface area contributed by atoms with Gasteiger partial charge in [-0.25, -0.2) is 4.98 Å². The second kappa shape index (κ2) is 6.49. The number of para-hydroxylation sites is 2. The maximum absolute atomic E-state index is 5.94. The average molecular weight is 320 g/mol. The summed E-state index contributed by atoms with van der Waals surface area (Å²) in [4.78, 5) is 7.11. The van der Waals surface area contributed by atoms with Crippen LogP contribution in [0.15, 0.2) is 60.7 Å². The lowest BCUT2D eigenvalue weighted by Gasteiger charge is -2.38. The van der Waals surface area contributed by atoms with E-state index in [0.717, 1.165) is 47.7 Å². The number of methoxy groups -OCH3 is 1. The van der Waals surface area contributed by atoms with Crippen molar-refractivity contribution in [3.63, 3.8) is 0 Å². The number of rotatable bonds is 5. The molecule has 4 nitrogen and oxygen atoms in total. The SMILES string of the molecule is COc1cccc2ccc(CN3CC(Oc4ccccc4)C3)nc12. The fourth-order valence-corrected chi connectivity index (χ4v) is 3.06. The largest absolute Gasteiger partial charge is 0.494 e. The number of aromatic nitrogens is 1. The molecule has 0 unspecified atom stereocenters. The van der Waals surface area contributed by atoms with Gasteiger partial charge in [0.05, 0.1) is 12.8 Å². The summed E-state index contributed by atoms with van der Waals surface area (Å²) in [5, 5.41) is 1.10. The first-order chi connectivity index (χ1) is 11.8. The van der Waals surface area contributed by atoms with E-state index in [1.807, 2.05) is 42.5 Å². The Bertz CT molecular complexity index is 829. The second-order valence-corrected chi connectivity index (χ2v) is 6.08. The molecule has 2 aromatic carbocycles. The fraction of sp³-hybridized carbons (Fsp3) is 0.250. The van der Waals surface area contributed by atoms with Gasteiger partial charge in [0, 0.05) is 25.0 Å². The molecule has 24 heavy (non-hydrogen) atoms. The van der Waals surface area contributed by atoms with Crippen molar-refractivity contribution >= 4 is 10.9 Å². The molecule has 1 saturated heterocycles. The lowest BCUT2D eigenvalue weighted by molar-refractivity contribution is 0.0139. The molecule has 0 saturated carbocycles. The normalized spacial score (nSPS) is 15.2. The lowest BCUT2D eigenvalue weighted by atomic mass is 10.1. The van der Waals surface area contributed by atoms with Crippen molar-refractivity contribution in [3.05, 3.63) is 66.4 Å². The summed E-state index contributed by atoms with van der Waals surface area (Å²) in [5.74, 6) is 1.76. The number of hydrogen-bond acceptors (Lipinski definition) is 4. The minimum Gasteiger partial charge on any atom is -0.494 e. The lowest BCUT2D eigenvalue weighted by Crippen LogP contribution is -2.53. The van der Waals surface area contributed by atoms with Gasteiger partial charge < -0.3 is 9.47 Å². The van der Waals surface area contributed by atoms with Gasteiger partial charge in [-0.1, -0.05) is 36.4 Å². The van der Waals surface area contributed by atoms with Crippen LogP contribution in [0.25, 0.3) is 10.9 Å². The Morgan fingerprint density at radius 3 is 2.62 bits per heavy atom. The van der Waals surface area contributed by atoms with Crippen LogP contribution in [0, 0.1) is 0 Å². The number of ether oxygens (including phenoxy) is 2. The monoisotopic (exact) mass is 320 g/mol. The van der Waals surface area contributed by atoms with Crippen LogP contribution in [0.3, 0.4) is 0 Å². The third-order valence-corrected chi connectivity index (χ3v) is 4.32. The van der Waals surface area contributed by atoms with Gasteiger partial charge in [0.1, 0.15) is 23.1 Å². The number of fused-ring (bicyclic) bond motifs is 1. The molecule has 1 aliphatic rings. The highest BCUT2D eigenvalue weighted by Gasteiger charge is 2.28. The van der Waals surface area contributed by atoms with Gasteiger partial charge in [0.15, 0.2) is 0 Å². The highest BCUT2D eigenvalue weighted by Crippen LogP contribution is 2.25. The molecule has 0 amide bonds. The molecule has 3 aromatic rings. The maximum atomic E-state index is 5.94. The van der Waals surface area contributed by atoms with Crippen LogP contribution in [-0.2, 0) is 6.54 Å². The van der Waals surface area contributed by atoms with Gasteiger partial charge in [-0.2, -0.15) is 0 Å². The van der Waals surface area contributed by atoms with E-state index in [1.165, 1.54) is 0 Å². The molecule has 1 aliphatic heterocycles. The summed E-state index contributed by atoms with van der Waals surface area (Å²) >= 11 is 0. The van der Waals surface area contributed by atoms with Gasteiger partial charge in [0.25, 0.3) is 0 Å². The van der Waals surface area contributed by atoms with Crippen molar-refractivity contribution in [1.82, 2.24) is 9.88 Å². The summed E-state index contributed by atoms with van der Waals surface area (Å²) in [5.41, 5.74) is 1.99. The van der Waals surface area contributed by atoms with Crippen molar-refractivity contribution in [3.8, 4) is 11.5 Å². The van der Waals surface area contributed by atoms with E-state index in [9.17, 15) is 0 Å². The number of pyridine rings is 1. The molecule has 0 N–H and O–H groups in total. The zero-order valence-electron chi connectivity index (χ0n) is 13.7. The number of likely N-dealkylation sites (tertiary alicyclic amines) is 1. The summed E-state index contributed by atoms with van der Waals surface area (Å²) in [6.45, 7) is 2.70. The molecule has 0 bridgehead atoms. The van der Waals surface area contributed by atoms with Gasteiger partial charge >= 0.3 is 0 Å². The molecule has 1 fully saturated rings. The van der Waals surface area contributed by atoms with Crippen molar-refractivity contribution in [2.45, 2.75) is 12.6 Å². The molecular formula is C20H20N2O2. The first-order valence-corrected chi connectivity index (χ1v) is 8.18. The predicted molar refractivity (Wildman–Crippen MR) is 94.4 cm³/mol. The predicted octanol–water partition coefficient (Wildman–Crippen LogP) is 3.51. The summed E-state index contributed by atoms with van der Waals surface area (Å²) < 4.78 is 11.4. The highest BCUT2D eigenvalue weighted by molar-refractivity contribution is 5.84. The van der Waals surface area contributed by atoms with E-state index < -0.39 is 0 Å². The molecule has 122 valence electrons. The number of nitrogens with zero attached hydrogens (tertiary/aromatic N) is 2. The molecule has 2 heterocycles. The quantitative estimate of drug-likeness (QED) is 0.720. The standard InChI is InChI=1S/C20H20N2O2/c1-23-19-9-5-6-15-10-11-16(21-20(15)19)12-22-13-18(14-22)24-17-7-3-2-4-8-17/h2-11,18H,12-14H2,1H3. The van der Waals surface area contributed by atoms with Crippen LogP contribution in [0.4, 0.5) is 0 Å². The second-order valence-electron chi connectivity index (χ2n) is 6.08. The van der Waals surface area contributed by atoms with E-state index in [1.54, 1.807) is 7.11 Å². The zero-order chi connectivity index (χ0) is 16.4.